The lowest BCUT2D eigenvalue weighted by atomic mass is 10.2. The maximum absolute atomic E-state index is 12.7. The topological polar surface area (TPSA) is 21.7 Å². The van der Waals surface area contributed by atoms with E-state index in [4.69, 9.17) is 0 Å². The van der Waals surface area contributed by atoms with Crippen LogP contribution in [0.3, 0.4) is 0 Å². The van der Waals surface area contributed by atoms with Crippen LogP contribution in [0.4, 0.5) is 13.2 Å². The Morgan fingerprint density at radius 2 is 2.06 bits per heavy atom. The third kappa shape index (κ3) is 2.23. The summed E-state index contributed by atoms with van der Waals surface area (Å²) < 4.78 is 41.1. The van der Waals surface area contributed by atoms with Crippen LogP contribution < -0.4 is 4.57 Å². The van der Waals surface area contributed by atoms with Gasteiger partial charge in [0.25, 0.3) is 0 Å². The van der Waals surface area contributed by atoms with Gasteiger partial charge in [0.2, 0.25) is 5.69 Å². The Hall–Kier alpha value is -1.85. The maximum Gasteiger partial charge on any atom is 0.435 e. The molecule has 0 unspecified atom stereocenters. The highest BCUT2D eigenvalue weighted by atomic mass is 19.4. The number of rotatable bonds is 2. The number of hydrogen-bond donors (Lipinski definition) is 0. The van der Waals surface area contributed by atoms with Crippen LogP contribution in [0.5, 0.6) is 0 Å². The largest absolute Gasteiger partial charge is 0.435 e. The average Bonchev–Trinajstić information content (AvgIpc) is 2.73. The van der Waals surface area contributed by atoms with Crippen molar-refractivity contribution in [1.82, 2.24) is 9.78 Å². The maximum atomic E-state index is 12.7. The Labute approximate surface area is 102 Å². The molecule has 0 bridgehead atoms. The van der Waals surface area contributed by atoms with Gasteiger partial charge < -0.3 is 0 Å². The van der Waals surface area contributed by atoms with Crippen molar-refractivity contribution >= 4 is 0 Å². The number of aryl methyl sites for hydroxylation is 2. The SMILES string of the molecule is CCn1nc(C(F)(F)F)cc1-c1cccc[n+]1C. The van der Waals surface area contributed by atoms with E-state index in [-0.39, 0.29) is 0 Å². The summed E-state index contributed by atoms with van der Waals surface area (Å²) in [6.45, 7) is 2.15. The molecule has 0 aliphatic carbocycles. The molecular formula is C12H13F3N3+. The summed E-state index contributed by atoms with van der Waals surface area (Å²) in [5.41, 5.74) is 0.304. The van der Waals surface area contributed by atoms with Crippen LogP contribution in [0.25, 0.3) is 11.4 Å². The number of aromatic nitrogens is 3. The lowest BCUT2D eigenvalue weighted by Crippen LogP contribution is -2.30. The quantitative estimate of drug-likeness (QED) is 0.756. The summed E-state index contributed by atoms with van der Waals surface area (Å²) in [5.74, 6) is 0. The molecule has 6 heteroatoms. The zero-order valence-corrected chi connectivity index (χ0v) is 10.1. The normalized spacial score (nSPS) is 11.8. The summed E-state index contributed by atoms with van der Waals surface area (Å²) in [6, 6.07) is 6.46. The van der Waals surface area contributed by atoms with Crippen LogP contribution in [0.15, 0.2) is 30.5 Å². The molecule has 0 saturated carbocycles. The van der Waals surface area contributed by atoms with Gasteiger partial charge in [0.05, 0.1) is 0 Å². The van der Waals surface area contributed by atoms with E-state index in [0.717, 1.165) is 6.07 Å². The van der Waals surface area contributed by atoms with E-state index in [2.05, 4.69) is 5.10 Å². The van der Waals surface area contributed by atoms with Gasteiger partial charge in [-0.15, -0.1) is 0 Å². The highest BCUT2D eigenvalue weighted by molar-refractivity contribution is 5.52. The molecule has 0 fully saturated rings. The molecule has 0 amide bonds. The molecule has 2 aromatic heterocycles. The van der Waals surface area contributed by atoms with E-state index in [1.54, 1.807) is 36.9 Å². The number of alkyl halides is 3. The summed E-state index contributed by atoms with van der Waals surface area (Å²) in [4.78, 5) is 0. The van der Waals surface area contributed by atoms with Crippen LogP contribution in [-0.2, 0) is 19.8 Å². The van der Waals surface area contributed by atoms with Gasteiger partial charge in [-0.05, 0) is 13.0 Å². The van der Waals surface area contributed by atoms with Gasteiger partial charge in [0.1, 0.15) is 12.7 Å². The molecule has 0 spiro atoms. The third-order valence-corrected chi connectivity index (χ3v) is 2.69. The first-order valence-electron chi connectivity index (χ1n) is 5.53. The molecule has 0 N–H and O–H groups in total. The zero-order chi connectivity index (χ0) is 13.3. The molecule has 0 radical (unpaired) electrons. The average molecular weight is 256 g/mol. The molecule has 96 valence electrons. The molecule has 0 aliphatic rings. The fraction of sp³-hybridized carbons (Fsp3) is 0.333. The Morgan fingerprint density at radius 3 is 2.61 bits per heavy atom. The van der Waals surface area contributed by atoms with Gasteiger partial charge in [0, 0.05) is 24.7 Å². The minimum Gasteiger partial charge on any atom is -0.258 e. The first-order chi connectivity index (χ1) is 8.43. The van der Waals surface area contributed by atoms with E-state index in [0.29, 0.717) is 17.9 Å². The number of pyridine rings is 1. The molecule has 2 aromatic rings. The van der Waals surface area contributed by atoms with Crippen molar-refractivity contribution in [3.8, 4) is 11.4 Å². The fourth-order valence-electron chi connectivity index (χ4n) is 1.79. The zero-order valence-electron chi connectivity index (χ0n) is 10.1. The van der Waals surface area contributed by atoms with Crippen molar-refractivity contribution in [3.05, 3.63) is 36.2 Å². The van der Waals surface area contributed by atoms with Crippen LogP contribution >= 0.6 is 0 Å². The highest BCUT2D eigenvalue weighted by Crippen LogP contribution is 2.30. The van der Waals surface area contributed by atoms with E-state index in [1.165, 1.54) is 4.68 Å². The van der Waals surface area contributed by atoms with E-state index < -0.39 is 11.9 Å². The van der Waals surface area contributed by atoms with Crippen molar-refractivity contribution in [2.24, 2.45) is 7.05 Å². The van der Waals surface area contributed by atoms with Crippen molar-refractivity contribution in [1.29, 1.82) is 0 Å². The molecule has 2 heterocycles. The van der Waals surface area contributed by atoms with Gasteiger partial charge in [-0.25, -0.2) is 0 Å². The Morgan fingerprint density at radius 1 is 1.33 bits per heavy atom. The predicted molar refractivity (Wildman–Crippen MR) is 59.5 cm³/mol. The van der Waals surface area contributed by atoms with Crippen LogP contribution in [0.1, 0.15) is 12.6 Å². The summed E-state index contributed by atoms with van der Waals surface area (Å²) >= 11 is 0. The predicted octanol–water partition coefficient (Wildman–Crippen LogP) is 2.41. The second-order valence-corrected chi connectivity index (χ2v) is 3.93. The van der Waals surface area contributed by atoms with Crippen molar-refractivity contribution < 1.29 is 17.7 Å². The van der Waals surface area contributed by atoms with Crippen LogP contribution in [-0.4, -0.2) is 9.78 Å². The lowest BCUT2D eigenvalue weighted by molar-refractivity contribution is -0.660. The Balaban J connectivity index is 2.58. The minimum absolute atomic E-state index is 0.389. The van der Waals surface area contributed by atoms with Gasteiger partial charge >= 0.3 is 6.18 Å². The van der Waals surface area contributed by atoms with Gasteiger partial charge in [0.15, 0.2) is 11.9 Å². The van der Waals surface area contributed by atoms with Crippen molar-refractivity contribution in [3.63, 3.8) is 0 Å². The summed E-state index contributed by atoms with van der Waals surface area (Å²) in [5, 5.41) is 3.60. The first-order valence-corrected chi connectivity index (χ1v) is 5.53. The molecular weight excluding hydrogens is 243 g/mol. The van der Waals surface area contributed by atoms with Gasteiger partial charge in [-0.3, -0.25) is 4.68 Å². The Bertz CT molecular complexity index is 558. The minimum atomic E-state index is -4.41. The van der Waals surface area contributed by atoms with Crippen molar-refractivity contribution in [2.75, 3.05) is 0 Å². The van der Waals surface area contributed by atoms with Gasteiger partial charge in [-0.2, -0.15) is 22.8 Å². The first kappa shape index (κ1) is 12.6. The van der Waals surface area contributed by atoms with E-state index in [1.807, 2.05) is 6.07 Å². The van der Waals surface area contributed by atoms with Crippen LogP contribution in [0.2, 0.25) is 0 Å². The monoisotopic (exact) mass is 256 g/mol. The third-order valence-electron chi connectivity index (χ3n) is 2.69. The molecule has 0 aliphatic heterocycles. The number of halogens is 3. The molecule has 0 aromatic carbocycles. The second-order valence-electron chi connectivity index (χ2n) is 3.93. The molecule has 18 heavy (non-hydrogen) atoms. The number of nitrogens with zero attached hydrogens (tertiary/aromatic N) is 3. The Kier molecular flexibility index (Phi) is 3.11. The van der Waals surface area contributed by atoms with Gasteiger partial charge in [-0.1, -0.05) is 0 Å². The lowest BCUT2D eigenvalue weighted by Gasteiger charge is -2.02. The molecule has 3 nitrogen and oxygen atoms in total. The van der Waals surface area contributed by atoms with E-state index >= 15 is 0 Å². The smallest absolute Gasteiger partial charge is 0.258 e. The summed E-state index contributed by atoms with van der Waals surface area (Å²) in [7, 11) is 1.79. The highest BCUT2D eigenvalue weighted by Gasteiger charge is 2.35. The van der Waals surface area contributed by atoms with Crippen molar-refractivity contribution in [2.45, 2.75) is 19.6 Å². The molecule has 0 atom stereocenters. The fourth-order valence-corrected chi connectivity index (χ4v) is 1.79. The van der Waals surface area contributed by atoms with Crippen LogP contribution in [0, 0.1) is 0 Å². The standard InChI is InChI=1S/C12H13F3N3/c1-3-18-10(8-11(16-18)12(13,14)15)9-6-4-5-7-17(9)2/h4-8H,3H2,1-2H3/q+1. The molecule has 0 saturated heterocycles. The van der Waals surface area contributed by atoms with E-state index in [9.17, 15) is 13.2 Å². The number of hydrogen-bond acceptors (Lipinski definition) is 1. The summed E-state index contributed by atoms with van der Waals surface area (Å²) in [6.07, 6.45) is -2.63. The molecule has 2 rings (SSSR count). The second kappa shape index (κ2) is 4.44.